The predicted octanol–water partition coefficient (Wildman–Crippen LogP) is 6.15. The third kappa shape index (κ3) is 3.76. The van der Waals surface area contributed by atoms with Crippen molar-refractivity contribution in [2.75, 3.05) is 0 Å². The molecule has 0 aromatic heterocycles. The van der Waals surface area contributed by atoms with Gasteiger partial charge in [0.1, 0.15) is 6.08 Å². The first-order chi connectivity index (χ1) is 8.24. The van der Waals surface area contributed by atoms with E-state index in [1.165, 1.54) is 17.1 Å². The molecule has 0 fully saturated rings. The molecule has 0 aromatic carbocycles. The van der Waals surface area contributed by atoms with Crippen LogP contribution in [0.1, 0.15) is 62.3 Å². The average Bonchev–Trinajstić information content (AvgIpc) is 2.11. The fourth-order valence-corrected chi connectivity index (χ4v) is 3.01. The summed E-state index contributed by atoms with van der Waals surface area (Å²) in [4.78, 5) is 0. The summed E-state index contributed by atoms with van der Waals surface area (Å²) >= 11 is 0. The van der Waals surface area contributed by atoms with E-state index in [1.807, 2.05) is 0 Å². The molecule has 0 unspecified atom stereocenters. The molecule has 0 heterocycles. The zero-order chi connectivity index (χ0) is 15.2. The molecule has 0 nitrogen and oxygen atoms in total. The van der Waals surface area contributed by atoms with Crippen molar-refractivity contribution in [1.82, 2.24) is 0 Å². The van der Waals surface area contributed by atoms with Gasteiger partial charge in [0.25, 0.3) is 0 Å². The Kier molecular flexibility index (Phi) is 4.20. The van der Waals surface area contributed by atoms with Crippen molar-refractivity contribution >= 4 is 14.2 Å². The number of hydrogen-bond donors (Lipinski definition) is 0. The summed E-state index contributed by atoms with van der Waals surface area (Å²) in [6.07, 6.45) is 4.69. The second kappa shape index (κ2) is 4.81. The number of hydrogen-bond acceptors (Lipinski definition) is 0. The van der Waals surface area contributed by atoms with Crippen LogP contribution in [0, 0.1) is 22.2 Å². The fraction of sp³-hybridized carbons (Fsp3) is 0.667. The second-order valence-electron chi connectivity index (χ2n) is 8.67. The molecule has 0 radical (unpaired) electrons. The second-order valence-corrected chi connectivity index (χ2v) is 9.12. The first-order valence-electron chi connectivity index (χ1n) is 7.13. The first kappa shape index (κ1) is 16.6. The Bertz CT molecular complexity index is 428. The molecular formula is C18H29P. The average molecular weight is 276 g/mol. The van der Waals surface area contributed by atoms with Crippen LogP contribution in [0.15, 0.2) is 23.3 Å². The van der Waals surface area contributed by atoms with E-state index in [0.29, 0.717) is 0 Å². The summed E-state index contributed by atoms with van der Waals surface area (Å²) in [7, 11) is 4.84. The molecule has 0 saturated carbocycles. The topological polar surface area (TPSA) is 0 Å². The quantitative estimate of drug-likeness (QED) is 0.368. The van der Waals surface area contributed by atoms with Gasteiger partial charge < -0.3 is 8.86 Å². The van der Waals surface area contributed by atoms with Crippen molar-refractivity contribution in [2.24, 2.45) is 16.2 Å². The van der Waals surface area contributed by atoms with Gasteiger partial charge in [0.05, 0.1) is 22.3 Å². The smallest absolute Gasteiger partial charge is 0.103 e. The van der Waals surface area contributed by atoms with E-state index in [1.54, 1.807) is 0 Å². The zero-order valence-corrected chi connectivity index (χ0v) is 15.0. The summed E-state index contributed by atoms with van der Waals surface area (Å²) in [6.45, 7) is 20.4. The summed E-state index contributed by atoms with van der Waals surface area (Å²) in [6, 6.07) is 0. The Morgan fingerprint density at radius 3 is 1.63 bits per heavy atom. The maximum absolute atomic E-state index is 4.84. The first-order valence-corrected chi connectivity index (χ1v) is 7.58. The highest BCUT2D eigenvalue weighted by Gasteiger charge is 2.39. The lowest BCUT2D eigenvalue weighted by molar-refractivity contribution is 0.461. The molecule has 19 heavy (non-hydrogen) atoms. The number of allylic oxidation sites excluding steroid dienone is 4. The van der Waals surface area contributed by atoms with E-state index in [9.17, 15) is 0 Å². The van der Waals surface area contributed by atoms with Gasteiger partial charge >= 0.3 is 0 Å². The lowest BCUT2D eigenvalue weighted by Crippen LogP contribution is -2.32. The van der Waals surface area contributed by atoms with Gasteiger partial charge in [-0.05, 0) is 52.5 Å². The van der Waals surface area contributed by atoms with Gasteiger partial charge in [0.15, 0.2) is 0 Å². The van der Waals surface area contributed by atoms with Gasteiger partial charge in [-0.25, -0.2) is 0 Å². The van der Waals surface area contributed by atoms with Gasteiger partial charge in [-0.15, -0.1) is 5.29 Å². The zero-order valence-electron chi connectivity index (χ0n) is 14.1. The maximum atomic E-state index is 4.84. The van der Waals surface area contributed by atoms with Crippen molar-refractivity contribution < 1.29 is 0 Å². The lowest BCUT2D eigenvalue weighted by atomic mass is 9.66. The molecule has 0 aliphatic heterocycles. The van der Waals surface area contributed by atoms with Crippen LogP contribution in [0.25, 0.3) is 0 Å². The van der Waals surface area contributed by atoms with Crippen molar-refractivity contribution in [3.05, 3.63) is 29.2 Å². The molecule has 1 heteroatoms. The van der Waals surface area contributed by atoms with Gasteiger partial charge in [-0.2, -0.15) is 0 Å². The molecular weight excluding hydrogens is 247 g/mol. The van der Waals surface area contributed by atoms with Gasteiger partial charge in [0.2, 0.25) is 0 Å². The molecule has 1 rings (SSSR count). The molecule has 0 saturated heterocycles. The maximum Gasteiger partial charge on any atom is 0.103 e. The van der Waals surface area contributed by atoms with Gasteiger partial charge in [0, 0.05) is 6.08 Å². The molecule has 1 aliphatic carbocycles. The molecule has 1 aliphatic rings. The summed E-state index contributed by atoms with van der Waals surface area (Å²) in [5.41, 5.74) is 3.17. The van der Waals surface area contributed by atoms with Crippen LogP contribution >= 0.6 is 8.86 Å². The van der Waals surface area contributed by atoms with Crippen molar-refractivity contribution in [2.45, 2.75) is 62.3 Å². The highest BCUT2D eigenvalue weighted by Crippen LogP contribution is 2.45. The summed E-state index contributed by atoms with van der Waals surface area (Å²) in [5.74, 6) is 1.35. The van der Waals surface area contributed by atoms with E-state index in [-0.39, 0.29) is 16.2 Å². The standard InChI is InChI=1S/C18H29P/c1-16(2,3)12-10-13(17(4,5)6)15(19)14(11-12)18(7,8)9/h10-11H,1-9H3. The van der Waals surface area contributed by atoms with E-state index >= 15 is 0 Å². The minimum Gasteiger partial charge on any atom is -0.697 e. The SMILES string of the molecule is CC(C)(C)C1=C[C+](C(C)(C)C)C(=[P-])C(C(C)(C)C)=C1. The Labute approximate surface area is 122 Å². The van der Waals surface area contributed by atoms with E-state index in [4.69, 9.17) is 8.86 Å². The molecule has 0 amide bonds. The third-order valence-corrected chi connectivity index (χ3v) is 4.07. The fourth-order valence-electron chi connectivity index (χ4n) is 2.21. The van der Waals surface area contributed by atoms with Gasteiger partial charge in [-0.1, -0.05) is 20.8 Å². The minimum absolute atomic E-state index is 0.123. The van der Waals surface area contributed by atoms with E-state index < -0.39 is 0 Å². The van der Waals surface area contributed by atoms with E-state index in [0.717, 1.165) is 5.29 Å². The van der Waals surface area contributed by atoms with Crippen LogP contribution in [0.5, 0.6) is 0 Å². The van der Waals surface area contributed by atoms with E-state index in [2.05, 4.69) is 74.5 Å². The van der Waals surface area contributed by atoms with Crippen LogP contribution in [0.2, 0.25) is 0 Å². The van der Waals surface area contributed by atoms with Crippen LogP contribution < -0.4 is 0 Å². The number of rotatable bonds is 0. The van der Waals surface area contributed by atoms with Crippen molar-refractivity contribution in [1.29, 1.82) is 0 Å². The van der Waals surface area contributed by atoms with Gasteiger partial charge in [-0.3, -0.25) is 0 Å². The molecule has 0 N–H and O–H groups in total. The van der Waals surface area contributed by atoms with Crippen LogP contribution in [-0.2, 0) is 0 Å². The monoisotopic (exact) mass is 276 g/mol. The minimum atomic E-state index is 0.123. The molecule has 0 aromatic rings. The molecule has 0 bridgehead atoms. The van der Waals surface area contributed by atoms with Crippen LogP contribution in [0.3, 0.4) is 0 Å². The summed E-state index contributed by atoms with van der Waals surface area (Å²) in [5, 5.41) is 1.16. The van der Waals surface area contributed by atoms with Crippen molar-refractivity contribution in [3.63, 3.8) is 0 Å². The largest absolute Gasteiger partial charge is 0.697 e. The Morgan fingerprint density at radius 1 is 0.842 bits per heavy atom. The van der Waals surface area contributed by atoms with Crippen LogP contribution in [-0.4, -0.2) is 5.29 Å². The third-order valence-electron chi connectivity index (χ3n) is 3.59. The highest BCUT2D eigenvalue weighted by atomic mass is 31.0. The van der Waals surface area contributed by atoms with Crippen LogP contribution in [0.4, 0.5) is 0 Å². The lowest BCUT2D eigenvalue weighted by Gasteiger charge is -2.38. The normalized spacial score (nSPS) is 18.4. The summed E-state index contributed by atoms with van der Waals surface area (Å²) < 4.78 is 0. The molecule has 0 spiro atoms. The van der Waals surface area contributed by atoms with Crippen molar-refractivity contribution in [3.8, 4) is 0 Å². The molecule has 106 valence electrons. The Balaban J connectivity index is 3.41. The Hall–Kier alpha value is -0.480. The highest BCUT2D eigenvalue weighted by molar-refractivity contribution is 7.23. The molecule has 0 atom stereocenters. The Morgan fingerprint density at radius 2 is 1.32 bits per heavy atom. The predicted molar refractivity (Wildman–Crippen MR) is 89.7 cm³/mol.